The fourth-order valence-electron chi connectivity index (χ4n) is 3.12. The third-order valence-corrected chi connectivity index (χ3v) is 4.37. The number of methoxy groups -OCH3 is 1. The molecule has 118 valence electrons. The van der Waals surface area contributed by atoms with Crippen molar-refractivity contribution < 1.29 is 4.74 Å². The molecule has 1 N–H and O–H groups in total. The molecule has 1 aliphatic rings. The van der Waals surface area contributed by atoms with E-state index < -0.39 is 0 Å². The van der Waals surface area contributed by atoms with Gasteiger partial charge in [0.05, 0.1) is 7.11 Å². The molecule has 0 amide bonds. The highest BCUT2D eigenvalue weighted by Gasteiger charge is 2.23. The molecule has 0 saturated carbocycles. The standard InChI is InChI=1S/C18H30N2O/c1-14(2)11-17-13-20(15(3)9-10-19-17)12-16-5-7-18(21-4)8-6-16/h5-8,14-15,17,19H,9-13H2,1-4H3. The van der Waals surface area contributed by atoms with Crippen molar-refractivity contribution in [3.05, 3.63) is 29.8 Å². The first-order chi connectivity index (χ1) is 10.1. The second kappa shape index (κ2) is 7.81. The van der Waals surface area contributed by atoms with Crippen molar-refractivity contribution in [1.82, 2.24) is 10.2 Å². The molecular formula is C18H30N2O. The lowest BCUT2D eigenvalue weighted by atomic mass is 10.0. The van der Waals surface area contributed by atoms with Gasteiger partial charge in [0.2, 0.25) is 0 Å². The molecule has 1 fully saturated rings. The Labute approximate surface area is 129 Å². The second-order valence-electron chi connectivity index (χ2n) is 6.70. The number of rotatable bonds is 5. The summed E-state index contributed by atoms with van der Waals surface area (Å²) in [4.78, 5) is 2.62. The Bertz CT molecular complexity index is 416. The van der Waals surface area contributed by atoms with Crippen LogP contribution in [0.1, 0.15) is 39.2 Å². The summed E-state index contributed by atoms with van der Waals surface area (Å²) in [6, 6.07) is 9.73. The molecule has 1 heterocycles. The Morgan fingerprint density at radius 2 is 2.00 bits per heavy atom. The van der Waals surface area contributed by atoms with Gasteiger partial charge in [-0.3, -0.25) is 4.90 Å². The SMILES string of the molecule is COc1ccc(CN2CC(CC(C)C)NCCC2C)cc1. The first-order valence-corrected chi connectivity index (χ1v) is 8.19. The minimum atomic E-state index is 0.619. The van der Waals surface area contributed by atoms with E-state index in [2.05, 4.69) is 55.3 Å². The molecule has 0 radical (unpaired) electrons. The summed E-state index contributed by atoms with van der Waals surface area (Å²) in [5.74, 6) is 1.68. The van der Waals surface area contributed by atoms with Crippen LogP contribution in [0.3, 0.4) is 0 Å². The lowest BCUT2D eigenvalue weighted by Gasteiger charge is -2.29. The van der Waals surface area contributed by atoms with Crippen LogP contribution in [0.5, 0.6) is 5.75 Å². The fourth-order valence-corrected chi connectivity index (χ4v) is 3.12. The molecule has 0 aliphatic carbocycles. The van der Waals surface area contributed by atoms with Crippen LogP contribution in [0.25, 0.3) is 0 Å². The molecule has 0 aromatic heterocycles. The zero-order chi connectivity index (χ0) is 15.2. The number of hydrogen-bond donors (Lipinski definition) is 1. The Balaban J connectivity index is 2.00. The molecule has 2 unspecified atom stereocenters. The summed E-state index contributed by atoms with van der Waals surface area (Å²) >= 11 is 0. The number of hydrogen-bond acceptors (Lipinski definition) is 3. The lowest BCUT2D eigenvalue weighted by Crippen LogP contribution is -2.40. The lowest BCUT2D eigenvalue weighted by molar-refractivity contribution is 0.189. The van der Waals surface area contributed by atoms with E-state index in [-0.39, 0.29) is 0 Å². The molecule has 1 aromatic carbocycles. The molecule has 3 heteroatoms. The Morgan fingerprint density at radius 1 is 1.29 bits per heavy atom. The molecule has 1 aromatic rings. The van der Waals surface area contributed by atoms with Crippen LogP contribution in [0, 0.1) is 5.92 Å². The van der Waals surface area contributed by atoms with Crippen LogP contribution in [0.15, 0.2) is 24.3 Å². The number of benzene rings is 1. The normalized spacial score (nSPS) is 24.0. The van der Waals surface area contributed by atoms with Crippen molar-refractivity contribution in [2.75, 3.05) is 20.2 Å². The van der Waals surface area contributed by atoms with Crippen molar-refractivity contribution in [1.29, 1.82) is 0 Å². The highest BCUT2D eigenvalue weighted by Crippen LogP contribution is 2.18. The van der Waals surface area contributed by atoms with Gasteiger partial charge in [-0.2, -0.15) is 0 Å². The second-order valence-corrected chi connectivity index (χ2v) is 6.70. The molecular weight excluding hydrogens is 260 g/mol. The number of nitrogens with zero attached hydrogens (tertiary/aromatic N) is 1. The summed E-state index contributed by atoms with van der Waals surface area (Å²) in [7, 11) is 1.72. The maximum Gasteiger partial charge on any atom is 0.118 e. The van der Waals surface area contributed by atoms with Gasteiger partial charge < -0.3 is 10.1 Å². The summed E-state index contributed by atoms with van der Waals surface area (Å²) in [5.41, 5.74) is 1.37. The van der Waals surface area contributed by atoms with E-state index in [0.717, 1.165) is 31.3 Å². The molecule has 3 nitrogen and oxygen atoms in total. The summed E-state index contributed by atoms with van der Waals surface area (Å²) in [6.07, 6.45) is 2.48. The Kier molecular flexibility index (Phi) is 6.07. The van der Waals surface area contributed by atoms with Gasteiger partial charge in [-0.15, -0.1) is 0 Å². The molecule has 1 saturated heterocycles. The van der Waals surface area contributed by atoms with Gasteiger partial charge in [-0.1, -0.05) is 26.0 Å². The zero-order valence-electron chi connectivity index (χ0n) is 13.9. The largest absolute Gasteiger partial charge is 0.497 e. The molecule has 21 heavy (non-hydrogen) atoms. The highest BCUT2D eigenvalue weighted by molar-refractivity contribution is 5.27. The van der Waals surface area contributed by atoms with Crippen LogP contribution in [-0.2, 0) is 6.54 Å². The fraction of sp³-hybridized carbons (Fsp3) is 0.667. The van der Waals surface area contributed by atoms with Crippen LogP contribution in [0.2, 0.25) is 0 Å². The van der Waals surface area contributed by atoms with Crippen LogP contribution < -0.4 is 10.1 Å². The van der Waals surface area contributed by atoms with E-state index in [1.807, 2.05) is 0 Å². The Morgan fingerprint density at radius 3 is 2.62 bits per heavy atom. The van der Waals surface area contributed by atoms with E-state index in [4.69, 9.17) is 4.74 Å². The smallest absolute Gasteiger partial charge is 0.118 e. The summed E-state index contributed by atoms with van der Waals surface area (Å²) in [6.45, 7) is 10.3. The van der Waals surface area contributed by atoms with Crippen LogP contribution >= 0.6 is 0 Å². The van der Waals surface area contributed by atoms with Crippen molar-refractivity contribution in [3.8, 4) is 5.75 Å². The molecule has 1 aliphatic heterocycles. The minimum Gasteiger partial charge on any atom is -0.497 e. The number of nitrogens with one attached hydrogen (secondary N) is 1. The van der Waals surface area contributed by atoms with Gasteiger partial charge >= 0.3 is 0 Å². The van der Waals surface area contributed by atoms with Gasteiger partial charge in [-0.25, -0.2) is 0 Å². The molecule has 2 atom stereocenters. The first kappa shape index (κ1) is 16.3. The van der Waals surface area contributed by atoms with Crippen molar-refractivity contribution in [2.24, 2.45) is 5.92 Å². The maximum absolute atomic E-state index is 5.24. The first-order valence-electron chi connectivity index (χ1n) is 8.19. The minimum absolute atomic E-state index is 0.619. The van der Waals surface area contributed by atoms with Crippen LogP contribution in [-0.4, -0.2) is 37.2 Å². The van der Waals surface area contributed by atoms with E-state index in [0.29, 0.717) is 12.1 Å². The topological polar surface area (TPSA) is 24.5 Å². The zero-order valence-corrected chi connectivity index (χ0v) is 13.9. The quantitative estimate of drug-likeness (QED) is 0.900. The van der Waals surface area contributed by atoms with Gasteiger partial charge in [0.25, 0.3) is 0 Å². The average molecular weight is 290 g/mol. The predicted octanol–water partition coefficient (Wildman–Crippen LogP) is 3.29. The van der Waals surface area contributed by atoms with Crippen molar-refractivity contribution >= 4 is 0 Å². The monoisotopic (exact) mass is 290 g/mol. The summed E-state index contributed by atoms with van der Waals surface area (Å²) in [5, 5.41) is 3.72. The number of ether oxygens (including phenoxy) is 1. The van der Waals surface area contributed by atoms with Gasteiger partial charge in [0.15, 0.2) is 0 Å². The third-order valence-electron chi connectivity index (χ3n) is 4.37. The maximum atomic E-state index is 5.24. The van der Waals surface area contributed by atoms with E-state index in [1.54, 1.807) is 7.11 Å². The molecule has 0 spiro atoms. The average Bonchev–Trinajstić information content (AvgIpc) is 2.61. The van der Waals surface area contributed by atoms with Gasteiger partial charge in [0.1, 0.15) is 5.75 Å². The van der Waals surface area contributed by atoms with Crippen molar-refractivity contribution in [3.63, 3.8) is 0 Å². The van der Waals surface area contributed by atoms with E-state index in [1.165, 1.54) is 18.4 Å². The molecule has 0 bridgehead atoms. The molecule has 2 rings (SSSR count). The Hall–Kier alpha value is -1.06. The highest BCUT2D eigenvalue weighted by atomic mass is 16.5. The summed E-state index contributed by atoms with van der Waals surface area (Å²) < 4.78 is 5.24. The van der Waals surface area contributed by atoms with Crippen LogP contribution in [0.4, 0.5) is 0 Å². The van der Waals surface area contributed by atoms with Gasteiger partial charge in [-0.05, 0) is 49.9 Å². The van der Waals surface area contributed by atoms with Crippen molar-refractivity contribution in [2.45, 2.75) is 52.2 Å². The van der Waals surface area contributed by atoms with E-state index >= 15 is 0 Å². The van der Waals surface area contributed by atoms with Gasteiger partial charge in [0, 0.05) is 25.2 Å². The van der Waals surface area contributed by atoms with E-state index in [9.17, 15) is 0 Å². The predicted molar refractivity (Wildman–Crippen MR) is 88.7 cm³/mol. The third kappa shape index (κ3) is 5.01.